The Morgan fingerprint density at radius 3 is 2.75 bits per heavy atom. The van der Waals surface area contributed by atoms with Crippen molar-refractivity contribution < 1.29 is 4.74 Å². The minimum atomic E-state index is -0.349. The molecular formula is C12H24N2OS. The lowest BCUT2D eigenvalue weighted by atomic mass is 9.98. The molecule has 0 aromatic rings. The molecule has 3 nitrogen and oxygen atoms in total. The summed E-state index contributed by atoms with van der Waals surface area (Å²) in [5, 5.41) is 12.4. The highest BCUT2D eigenvalue weighted by molar-refractivity contribution is 7.99. The maximum absolute atomic E-state index is 9.11. The lowest BCUT2D eigenvalue weighted by Crippen LogP contribution is -2.41. The van der Waals surface area contributed by atoms with Crippen LogP contribution < -0.4 is 5.32 Å². The van der Waals surface area contributed by atoms with Crippen LogP contribution in [0.25, 0.3) is 0 Å². The average molecular weight is 244 g/mol. The van der Waals surface area contributed by atoms with Crippen molar-refractivity contribution >= 4 is 11.8 Å². The van der Waals surface area contributed by atoms with Crippen LogP contribution in [0.3, 0.4) is 0 Å². The molecule has 1 atom stereocenters. The molecule has 0 aromatic heterocycles. The number of nitriles is 1. The van der Waals surface area contributed by atoms with Crippen molar-refractivity contribution in [3.05, 3.63) is 0 Å². The summed E-state index contributed by atoms with van der Waals surface area (Å²) in [6.07, 6.45) is 3.07. The Kier molecular flexibility index (Phi) is 9.80. The fraction of sp³-hybridized carbons (Fsp3) is 0.917. The molecule has 0 rings (SSSR count). The van der Waals surface area contributed by atoms with Gasteiger partial charge in [0.2, 0.25) is 0 Å². The molecular weight excluding hydrogens is 220 g/mol. The maximum atomic E-state index is 9.11. The molecule has 0 aliphatic rings. The summed E-state index contributed by atoms with van der Waals surface area (Å²) in [6.45, 7) is 5.84. The van der Waals surface area contributed by atoms with Crippen LogP contribution in [0.5, 0.6) is 0 Å². The van der Waals surface area contributed by atoms with Crippen LogP contribution >= 0.6 is 11.8 Å². The van der Waals surface area contributed by atoms with Gasteiger partial charge < -0.3 is 4.74 Å². The summed E-state index contributed by atoms with van der Waals surface area (Å²) in [7, 11) is 1.72. The van der Waals surface area contributed by atoms with E-state index in [-0.39, 0.29) is 5.54 Å². The van der Waals surface area contributed by atoms with E-state index in [0.717, 1.165) is 43.9 Å². The Morgan fingerprint density at radius 1 is 1.44 bits per heavy atom. The van der Waals surface area contributed by atoms with E-state index in [0.29, 0.717) is 0 Å². The molecule has 0 saturated heterocycles. The SMILES string of the molecule is CCCNC(C)(C#N)CCCSCCOC. The molecule has 0 aliphatic heterocycles. The molecule has 0 radical (unpaired) electrons. The normalized spacial score (nSPS) is 14.4. The molecule has 4 heteroatoms. The molecule has 0 spiro atoms. The zero-order chi connectivity index (χ0) is 12.3. The van der Waals surface area contributed by atoms with Crippen molar-refractivity contribution in [3.8, 4) is 6.07 Å². The number of rotatable bonds is 10. The van der Waals surface area contributed by atoms with Gasteiger partial charge in [-0.1, -0.05) is 6.92 Å². The van der Waals surface area contributed by atoms with Gasteiger partial charge in [0.25, 0.3) is 0 Å². The Hall–Kier alpha value is -0.240. The highest BCUT2D eigenvalue weighted by atomic mass is 32.2. The van der Waals surface area contributed by atoms with Crippen LogP contribution in [-0.2, 0) is 4.74 Å². The lowest BCUT2D eigenvalue weighted by Gasteiger charge is -2.22. The van der Waals surface area contributed by atoms with Gasteiger partial charge in [0.15, 0.2) is 0 Å². The van der Waals surface area contributed by atoms with Crippen molar-refractivity contribution in [2.75, 3.05) is 31.8 Å². The fourth-order valence-electron chi connectivity index (χ4n) is 1.36. The van der Waals surface area contributed by atoms with E-state index in [4.69, 9.17) is 10.00 Å². The van der Waals surface area contributed by atoms with Crippen LogP contribution in [0.15, 0.2) is 0 Å². The number of methoxy groups -OCH3 is 1. The number of ether oxygens (including phenoxy) is 1. The van der Waals surface area contributed by atoms with Crippen LogP contribution in [0.1, 0.15) is 33.1 Å². The standard InChI is InChI=1S/C12H24N2OS/c1-4-7-14-12(2,11-13)6-5-9-16-10-8-15-3/h14H,4-10H2,1-3H3. The predicted molar refractivity (Wildman–Crippen MR) is 70.7 cm³/mol. The molecule has 0 amide bonds. The number of nitrogens with zero attached hydrogens (tertiary/aromatic N) is 1. The molecule has 0 aliphatic carbocycles. The molecule has 0 aromatic carbocycles. The van der Waals surface area contributed by atoms with Gasteiger partial charge in [0.05, 0.1) is 12.7 Å². The van der Waals surface area contributed by atoms with Crippen molar-refractivity contribution in [1.82, 2.24) is 5.32 Å². The van der Waals surface area contributed by atoms with Crippen molar-refractivity contribution in [2.45, 2.75) is 38.6 Å². The van der Waals surface area contributed by atoms with Crippen LogP contribution in [0.2, 0.25) is 0 Å². The molecule has 94 valence electrons. The summed E-state index contributed by atoms with van der Waals surface area (Å²) >= 11 is 1.89. The first-order valence-electron chi connectivity index (χ1n) is 5.91. The predicted octanol–water partition coefficient (Wildman–Crippen LogP) is 2.43. The van der Waals surface area contributed by atoms with E-state index >= 15 is 0 Å². The number of hydrogen-bond donors (Lipinski definition) is 1. The molecule has 0 saturated carbocycles. The highest BCUT2D eigenvalue weighted by Gasteiger charge is 2.21. The van der Waals surface area contributed by atoms with E-state index in [1.807, 2.05) is 18.7 Å². The minimum Gasteiger partial charge on any atom is -0.384 e. The monoisotopic (exact) mass is 244 g/mol. The van der Waals surface area contributed by atoms with Gasteiger partial charge in [0, 0.05) is 12.9 Å². The van der Waals surface area contributed by atoms with Gasteiger partial charge in [-0.25, -0.2) is 0 Å². The van der Waals surface area contributed by atoms with Gasteiger partial charge in [0.1, 0.15) is 5.54 Å². The van der Waals surface area contributed by atoms with Gasteiger partial charge in [-0.05, 0) is 38.5 Å². The van der Waals surface area contributed by atoms with Gasteiger partial charge in [-0.3, -0.25) is 5.32 Å². The molecule has 16 heavy (non-hydrogen) atoms. The van der Waals surface area contributed by atoms with E-state index in [9.17, 15) is 0 Å². The quantitative estimate of drug-likeness (QED) is 0.600. The fourth-order valence-corrected chi connectivity index (χ4v) is 2.19. The zero-order valence-corrected chi connectivity index (χ0v) is 11.5. The topological polar surface area (TPSA) is 45.0 Å². The van der Waals surface area contributed by atoms with Crippen LogP contribution in [-0.4, -0.2) is 37.3 Å². The third-order valence-electron chi connectivity index (χ3n) is 2.41. The molecule has 1 N–H and O–H groups in total. The van der Waals surface area contributed by atoms with E-state index in [1.54, 1.807) is 7.11 Å². The first-order valence-corrected chi connectivity index (χ1v) is 7.07. The summed E-state index contributed by atoms with van der Waals surface area (Å²) in [5.74, 6) is 2.15. The summed E-state index contributed by atoms with van der Waals surface area (Å²) in [5.41, 5.74) is -0.349. The molecule has 0 fully saturated rings. The Labute approximate surface area is 104 Å². The molecule has 0 heterocycles. The lowest BCUT2D eigenvalue weighted by molar-refractivity contribution is 0.218. The van der Waals surface area contributed by atoms with Gasteiger partial charge in [-0.15, -0.1) is 0 Å². The zero-order valence-electron chi connectivity index (χ0n) is 10.7. The first-order chi connectivity index (χ1) is 7.68. The third-order valence-corrected chi connectivity index (χ3v) is 3.44. The minimum absolute atomic E-state index is 0.349. The summed E-state index contributed by atoms with van der Waals surface area (Å²) < 4.78 is 4.98. The van der Waals surface area contributed by atoms with E-state index in [2.05, 4.69) is 18.3 Å². The number of hydrogen-bond acceptors (Lipinski definition) is 4. The van der Waals surface area contributed by atoms with E-state index < -0.39 is 0 Å². The second-order valence-corrected chi connectivity index (χ2v) is 5.30. The smallest absolute Gasteiger partial charge is 0.103 e. The maximum Gasteiger partial charge on any atom is 0.103 e. The van der Waals surface area contributed by atoms with Gasteiger partial charge in [-0.2, -0.15) is 17.0 Å². The van der Waals surface area contributed by atoms with Crippen LogP contribution in [0, 0.1) is 11.3 Å². The third kappa shape index (κ3) is 7.98. The Morgan fingerprint density at radius 2 is 2.19 bits per heavy atom. The Balaban J connectivity index is 3.58. The largest absolute Gasteiger partial charge is 0.384 e. The number of thioether (sulfide) groups is 1. The highest BCUT2D eigenvalue weighted by Crippen LogP contribution is 2.14. The van der Waals surface area contributed by atoms with Crippen molar-refractivity contribution in [3.63, 3.8) is 0 Å². The van der Waals surface area contributed by atoms with Crippen molar-refractivity contribution in [1.29, 1.82) is 5.26 Å². The molecule has 0 bridgehead atoms. The number of nitrogens with one attached hydrogen (secondary N) is 1. The van der Waals surface area contributed by atoms with Gasteiger partial charge >= 0.3 is 0 Å². The van der Waals surface area contributed by atoms with Crippen LogP contribution in [0.4, 0.5) is 0 Å². The van der Waals surface area contributed by atoms with E-state index in [1.165, 1.54) is 0 Å². The average Bonchev–Trinajstić information content (AvgIpc) is 2.31. The summed E-state index contributed by atoms with van der Waals surface area (Å²) in [6, 6.07) is 2.37. The first kappa shape index (κ1) is 15.8. The summed E-state index contributed by atoms with van der Waals surface area (Å²) in [4.78, 5) is 0. The second-order valence-electron chi connectivity index (χ2n) is 4.08. The second kappa shape index (κ2) is 9.95. The Bertz CT molecular complexity index is 206. The molecule has 1 unspecified atom stereocenters. The van der Waals surface area contributed by atoms with Crippen molar-refractivity contribution in [2.24, 2.45) is 0 Å².